The number of hydrogen-bond donors (Lipinski definition) is 1. The van der Waals surface area contributed by atoms with E-state index in [0.29, 0.717) is 23.4 Å². The summed E-state index contributed by atoms with van der Waals surface area (Å²) in [7, 11) is 0. The average molecular weight is 410 g/mol. The van der Waals surface area contributed by atoms with Crippen molar-refractivity contribution in [2.75, 3.05) is 5.32 Å². The molecule has 5 nitrogen and oxygen atoms in total. The van der Waals surface area contributed by atoms with Gasteiger partial charge in [0.25, 0.3) is 5.56 Å². The number of aromatic nitrogens is 3. The number of pyridine rings is 3. The van der Waals surface area contributed by atoms with Gasteiger partial charge in [0.1, 0.15) is 11.6 Å². The summed E-state index contributed by atoms with van der Waals surface area (Å²) in [6.07, 6.45) is 3.47. The highest BCUT2D eigenvalue weighted by Crippen LogP contribution is 2.23. The fraction of sp³-hybridized carbons (Fsp3) is 0.0800. The van der Waals surface area contributed by atoms with E-state index in [9.17, 15) is 9.18 Å². The Morgan fingerprint density at radius 1 is 0.968 bits per heavy atom. The predicted molar refractivity (Wildman–Crippen MR) is 121 cm³/mol. The lowest BCUT2D eigenvalue weighted by molar-refractivity contribution is 0.627. The summed E-state index contributed by atoms with van der Waals surface area (Å²) in [5, 5.41) is 5.68. The molecule has 0 fully saturated rings. The van der Waals surface area contributed by atoms with Crippen LogP contribution in [0.2, 0.25) is 0 Å². The van der Waals surface area contributed by atoms with E-state index in [4.69, 9.17) is 0 Å². The minimum absolute atomic E-state index is 0.197. The summed E-state index contributed by atoms with van der Waals surface area (Å²) < 4.78 is 15.0. The first kappa shape index (κ1) is 18.9. The Hall–Kier alpha value is -4.06. The van der Waals surface area contributed by atoms with Crippen molar-refractivity contribution in [3.8, 4) is 5.69 Å². The maximum absolute atomic E-state index is 13.5. The molecule has 0 aliphatic heterocycles. The number of para-hydroxylation sites is 1. The Morgan fingerprint density at radius 2 is 1.74 bits per heavy atom. The quantitative estimate of drug-likeness (QED) is 0.453. The van der Waals surface area contributed by atoms with Crippen LogP contribution in [0, 0.1) is 12.7 Å². The molecule has 5 rings (SSSR count). The van der Waals surface area contributed by atoms with Gasteiger partial charge in [0.05, 0.1) is 10.9 Å². The molecule has 31 heavy (non-hydrogen) atoms. The molecule has 0 bridgehead atoms. The van der Waals surface area contributed by atoms with Gasteiger partial charge in [-0.25, -0.2) is 9.37 Å². The van der Waals surface area contributed by atoms with Gasteiger partial charge < -0.3 is 5.32 Å². The second-order valence-corrected chi connectivity index (χ2v) is 7.37. The van der Waals surface area contributed by atoms with E-state index < -0.39 is 0 Å². The van der Waals surface area contributed by atoms with E-state index >= 15 is 0 Å². The predicted octanol–water partition coefficient (Wildman–Crippen LogP) is 4.99. The van der Waals surface area contributed by atoms with E-state index in [1.807, 2.05) is 49.4 Å². The van der Waals surface area contributed by atoms with Crippen LogP contribution in [0.1, 0.15) is 11.3 Å². The van der Waals surface area contributed by atoms with Crippen LogP contribution in [0.5, 0.6) is 0 Å². The molecular weight excluding hydrogens is 391 g/mol. The van der Waals surface area contributed by atoms with Gasteiger partial charge in [-0.05, 0) is 66.4 Å². The number of benzene rings is 2. The minimum atomic E-state index is -0.344. The molecule has 0 radical (unpaired) electrons. The molecule has 0 aliphatic carbocycles. The van der Waals surface area contributed by atoms with E-state index in [1.165, 1.54) is 12.1 Å². The summed E-state index contributed by atoms with van der Waals surface area (Å²) in [6.45, 7) is 2.36. The Morgan fingerprint density at radius 3 is 2.58 bits per heavy atom. The first-order chi connectivity index (χ1) is 15.1. The molecule has 2 aromatic carbocycles. The number of nitrogens with zero attached hydrogens (tertiary/aromatic N) is 3. The van der Waals surface area contributed by atoms with E-state index in [1.54, 1.807) is 29.1 Å². The zero-order valence-corrected chi connectivity index (χ0v) is 16.8. The fourth-order valence-corrected chi connectivity index (χ4v) is 3.92. The molecule has 6 heteroatoms. The van der Waals surface area contributed by atoms with Crippen molar-refractivity contribution in [2.45, 2.75) is 13.5 Å². The first-order valence-electron chi connectivity index (χ1n) is 9.95. The molecule has 0 atom stereocenters. The Labute approximate surface area is 177 Å². The van der Waals surface area contributed by atoms with Crippen molar-refractivity contribution in [1.29, 1.82) is 0 Å². The number of halogens is 1. The van der Waals surface area contributed by atoms with E-state index in [-0.39, 0.29) is 11.4 Å². The molecule has 1 N–H and O–H groups in total. The minimum Gasteiger partial charge on any atom is -0.365 e. The molecule has 0 unspecified atom stereocenters. The van der Waals surface area contributed by atoms with Gasteiger partial charge in [0, 0.05) is 35.7 Å². The van der Waals surface area contributed by atoms with Crippen LogP contribution in [-0.4, -0.2) is 14.5 Å². The van der Waals surface area contributed by atoms with Gasteiger partial charge >= 0.3 is 0 Å². The molecule has 152 valence electrons. The summed E-state index contributed by atoms with van der Waals surface area (Å²) in [5.74, 6) is 0.170. The van der Waals surface area contributed by atoms with Crippen molar-refractivity contribution < 1.29 is 4.39 Å². The van der Waals surface area contributed by atoms with Gasteiger partial charge in [-0.3, -0.25) is 14.3 Å². The van der Waals surface area contributed by atoms with E-state index in [2.05, 4.69) is 15.3 Å². The topological polar surface area (TPSA) is 59.8 Å². The largest absolute Gasteiger partial charge is 0.365 e. The molecular formula is C25H19FN4O. The highest BCUT2D eigenvalue weighted by Gasteiger charge is 2.13. The van der Waals surface area contributed by atoms with Crippen molar-refractivity contribution >= 4 is 27.5 Å². The second kappa shape index (κ2) is 7.65. The summed E-state index contributed by atoms with van der Waals surface area (Å²) >= 11 is 0. The number of fused-ring (bicyclic) bond motifs is 2. The number of rotatable bonds is 4. The molecule has 0 amide bonds. The van der Waals surface area contributed by atoms with Crippen molar-refractivity contribution in [1.82, 2.24) is 14.5 Å². The van der Waals surface area contributed by atoms with Gasteiger partial charge in [-0.1, -0.05) is 18.2 Å². The fourth-order valence-electron chi connectivity index (χ4n) is 3.92. The molecule has 0 saturated heterocycles. The number of nitrogens with one attached hydrogen (secondary N) is 1. The third-order valence-corrected chi connectivity index (χ3v) is 5.39. The number of anilines is 1. The smallest absolute Gasteiger partial charge is 0.266 e. The zero-order chi connectivity index (χ0) is 21.4. The standard InChI is InChI=1S/C25H19FN4O/c1-16-14-17-10-13-28-24(23(17)25(31)30(16)20-8-6-19(26)7-9-20)29-15-18-11-12-27-22-5-3-2-4-21(18)22/h2-14H,15H2,1H3,(H,28,29). The molecule has 0 aliphatic rings. The Kier molecular flexibility index (Phi) is 4.67. The van der Waals surface area contributed by atoms with E-state index in [0.717, 1.165) is 27.5 Å². The van der Waals surface area contributed by atoms with Crippen LogP contribution in [0.4, 0.5) is 10.2 Å². The lowest BCUT2D eigenvalue weighted by Gasteiger charge is -2.14. The monoisotopic (exact) mass is 410 g/mol. The van der Waals surface area contributed by atoms with Crippen LogP contribution in [0.25, 0.3) is 27.4 Å². The summed E-state index contributed by atoms with van der Waals surface area (Å²) in [5.41, 5.74) is 3.16. The number of hydrogen-bond acceptors (Lipinski definition) is 4. The van der Waals surface area contributed by atoms with Crippen LogP contribution in [0.3, 0.4) is 0 Å². The molecule has 0 saturated carbocycles. The highest BCUT2D eigenvalue weighted by molar-refractivity contribution is 5.91. The summed E-state index contributed by atoms with van der Waals surface area (Å²) in [4.78, 5) is 22.3. The Balaban J connectivity index is 1.60. The van der Waals surface area contributed by atoms with Crippen molar-refractivity contribution in [3.05, 3.63) is 107 Å². The van der Waals surface area contributed by atoms with Gasteiger partial charge in [0.15, 0.2) is 0 Å². The van der Waals surface area contributed by atoms with Crippen LogP contribution in [-0.2, 0) is 6.54 Å². The van der Waals surface area contributed by atoms with Crippen LogP contribution in [0.15, 0.2) is 83.9 Å². The van der Waals surface area contributed by atoms with Gasteiger partial charge in [-0.2, -0.15) is 0 Å². The maximum Gasteiger partial charge on any atom is 0.266 e. The lowest BCUT2D eigenvalue weighted by Crippen LogP contribution is -2.22. The normalized spacial score (nSPS) is 11.2. The third kappa shape index (κ3) is 3.42. The van der Waals surface area contributed by atoms with Crippen molar-refractivity contribution in [2.24, 2.45) is 0 Å². The molecule has 5 aromatic rings. The molecule has 0 spiro atoms. The molecule has 3 aromatic heterocycles. The lowest BCUT2D eigenvalue weighted by atomic mass is 10.1. The van der Waals surface area contributed by atoms with Gasteiger partial charge in [0.2, 0.25) is 0 Å². The van der Waals surface area contributed by atoms with Crippen molar-refractivity contribution in [3.63, 3.8) is 0 Å². The highest BCUT2D eigenvalue weighted by atomic mass is 19.1. The third-order valence-electron chi connectivity index (χ3n) is 5.39. The zero-order valence-electron chi connectivity index (χ0n) is 16.8. The van der Waals surface area contributed by atoms with Gasteiger partial charge in [-0.15, -0.1) is 0 Å². The molecule has 3 heterocycles. The SMILES string of the molecule is Cc1cc2ccnc(NCc3ccnc4ccccc34)c2c(=O)n1-c1ccc(F)cc1. The second-order valence-electron chi connectivity index (χ2n) is 7.37. The summed E-state index contributed by atoms with van der Waals surface area (Å²) in [6, 6.07) is 19.6. The van der Waals surface area contributed by atoms with Crippen LogP contribution < -0.4 is 10.9 Å². The number of aryl methyl sites for hydroxylation is 1. The first-order valence-corrected chi connectivity index (χ1v) is 9.95. The van der Waals surface area contributed by atoms with Crippen LogP contribution >= 0.6 is 0 Å². The average Bonchev–Trinajstić information content (AvgIpc) is 2.78. The maximum atomic E-state index is 13.5. The Bertz CT molecular complexity index is 1470.